The summed E-state index contributed by atoms with van der Waals surface area (Å²) in [6, 6.07) is 20.0. The molecule has 0 aliphatic carbocycles. The van der Waals surface area contributed by atoms with Crippen molar-refractivity contribution < 1.29 is 14.3 Å². The molecule has 0 unspecified atom stereocenters. The predicted molar refractivity (Wildman–Crippen MR) is 128 cm³/mol. The fourth-order valence-electron chi connectivity index (χ4n) is 3.61. The normalized spacial score (nSPS) is 10.8. The lowest BCUT2D eigenvalue weighted by Crippen LogP contribution is -2.33. The fraction of sp³-hybridized carbons (Fsp3) is 0.160. The van der Waals surface area contributed by atoms with Gasteiger partial charge in [0.1, 0.15) is 6.54 Å². The van der Waals surface area contributed by atoms with Gasteiger partial charge in [-0.1, -0.05) is 48.0 Å². The SMILES string of the molecule is COc1ccc(CNC(=O)Cn2c(=O)nc(-c3ccccc3)c3cc(Cl)ccc32)cc1OC. The number of nitrogens with one attached hydrogen (secondary N) is 1. The van der Waals surface area contributed by atoms with E-state index in [1.165, 1.54) is 4.57 Å². The van der Waals surface area contributed by atoms with Crippen molar-refractivity contribution in [2.45, 2.75) is 13.1 Å². The maximum absolute atomic E-state index is 12.9. The predicted octanol–water partition coefficient (Wildman–Crippen LogP) is 4.05. The minimum Gasteiger partial charge on any atom is -0.493 e. The van der Waals surface area contributed by atoms with Crippen LogP contribution in [-0.4, -0.2) is 29.7 Å². The highest BCUT2D eigenvalue weighted by Gasteiger charge is 2.15. The second-order valence-corrected chi connectivity index (χ2v) is 7.76. The highest BCUT2D eigenvalue weighted by atomic mass is 35.5. The molecule has 0 bridgehead atoms. The lowest BCUT2D eigenvalue weighted by atomic mass is 10.1. The first-order chi connectivity index (χ1) is 16.0. The van der Waals surface area contributed by atoms with Crippen LogP contribution >= 0.6 is 11.6 Å². The van der Waals surface area contributed by atoms with Crippen molar-refractivity contribution in [2.24, 2.45) is 0 Å². The molecule has 7 nitrogen and oxygen atoms in total. The van der Waals surface area contributed by atoms with Crippen molar-refractivity contribution in [1.29, 1.82) is 0 Å². The van der Waals surface area contributed by atoms with Gasteiger partial charge in [-0.3, -0.25) is 9.36 Å². The Kier molecular flexibility index (Phi) is 6.60. The van der Waals surface area contributed by atoms with E-state index in [4.69, 9.17) is 21.1 Å². The van der Waals surface area contributed by atoms with Gasteiger partial charge in [0, 0.05) is 22.5 Å². The van der Waals surface area contributed by atoms with E-state index in [2.05, 4.69) is 10.3 Å². The summed E-state index contributed by atoms with van der Waals surface area (Å²) >= 11 is 6.23. The van der Waals surface area contributed by atoms with Crippen LogP contribution in [0.15, 0.2) is 71.5 Å². The van der Waals surface area contributed by atoms with Crippen LogP contribution in [-0.2, 0) is 17.9 Å². The number of fused-ring (bicyclic) bond motifs is 1. The quantitative estimate of drug-likeness (QED) is 0.447. The zero-order valence-corrected chi connectivity index (χ0v) is 18.9. The van der Waals surface area contributed by atoms with Crippen molar-refractivity contribution in [3.8, 4) is 22.8 Å². The molecular weight excluding hydrogens is 442 g/mol. The summed E-state index contributed by atoms with van der Waals surface area (Å²) in [5.74, 6) is 0.857. The van der Waals surface area contributed by atoms with Gasteiger partial charge in [-0.05, 0) is 35.9 Å². The third kappa shape index (κ3) is 4.83. The Morgan fingerprint density at radius 3 is 2.48 bits per heavy atom. The molecule has 4 rings (SSSR count). The van der Waals surface area contributed by atoms with E-state index in [0.29, 0.717) is 33.1 Å². The van der Waals surface area contributed by atoms with Crippen LogP contribution in [0.4, 0.5) is 0 Å². The van der Waals surface area contributed by atoms with Crippen LogP contribution < -0.4 is 20.5 Å². The number of ether oxygens (including phenoxy) is 2. The van der Waals surface area contributed by atoms with Crippen molar-refractivity contribution in [2.75, 3.05) is 14.2 Å². The molecule has 0 aliphatic heterocycles. The maximum atomic E-state index is 12.9. The molecule has 0 saturated heterocycles. The Hall–Kier alpha value is -3.84. The molecule has 4 aromatic rings. The monoisotopic (exact) mass is 463 g/mol. The number of hydrogen-bond donors (Lipinski definition) is 1. The van der Waals surface area contributed by atoms with Crippen molar-refractivity contribution in [3.05, 3.63) is 87.8 Å². The van der Waals surface area contributed by atoms with E-state index >= 15 is 0 Å². The van der Waals surface area contributed by atoms with Gasteiger partial charge < -0.3 is 14.8 Å². The molecule has 0 saturated carbocycles. The molecule has 1 aromatic heterocycles. The summed E-state index contributed by atoms with van der Waals surface area (Å²) in [6.45, 7) is 0.0968. The number of nitrogens with zero attached hydrogens (tertiary/aromatic N) is 2. The Morgan fingerprint density at radius 1 is 1.00 bits per heavy atom. The summed E-state index contributed by atoms with van der Waals surface area (Å²) < 4.78 is 11.9. The van der Waals surface area contributed by atoms with E-state index in [9.17, 15) is 9.59 Å². The van der Waals surface area contributed by atoms with Crippen LogP contribution in [0, 0.1) is 0 Å². The highest BCUT2D eigenvalue weighted by molar-refractivity contribution is 6.31. The van der Waals surface area contributed by atoms with Crippen molar-refractivity contribution in [3.63, 3.8) is 0 Å². The second kappa shape index (κ2) is 9.75. The van der Waals surface area contributed by atoms with Crippen LogP contribution in [0.2, 0.25) is 5.02 Å². The molecule has 33 heavy (non-hydrogen) atoms. The van der Waals surface area contributed by atoms with Crippen LogP contribution in [0.25, 0.3) is 22.2 Å². The molecule has 0 fully saturated rings. The van der Waals surface area contributed by atoms with Gasteiger partial charge in [-0.15, -0.1) is 0 Å². The number of rotatable bonds is 7. The molecule has 0 atom stereocenters. The van der Waals surface area contributed by atoms with Gasteiger partial charge >= 0.3 is 5.69 Å². The summed E-state index contributed by atoms with van der Waals surface area (Å²) in [5, 5.41) is 4.05. The number of methoxy groups -OCH3 is 2. The van der Waals surface area contributed by atoms with E-state index in [-0.39, 0.29) is 19.0 Å². The van der Waals surface area contributed by atoms with Crippen LogP contribution in [0.3, 0.4) is 0 Å². The number of aromatic nitrogens is 2. The molecule has 8 heteroatoms. The van der Waals surface area contributed by atoms with Crippen LogP contribution in [0.5, 0.6) is 11.5 Å². The largest absolute Gasteiger partial charge is 0.493 e. The first kappa shape index (κ1) is 22.4. The maximum Gasteiger partial charge on any atom is 0.349 e. The van der Waals surface area contributed by atoms with E-state index in [0.717, 1.165) is 11.1 Å². The zero-order valence-electron chi connectivity index (χ0n) is 18.2. The minimum atomic E-state index is -0.509. The van der Waals surface area contributed by atoms with Crippen molar-refractivity contribution >= 4 is 28.4 Å². The van der Waals surface area contributed by atoms with Gasteiger partial charge in [-0.2, -0.15) is 4.98 Å². The summed E-state index contributed by atoms with van der Waals surface area (Å²) in [6.07, 6.45) is 0. The van der Waals surface area contributed by atoms with E-state index in [1.54, 1.807) is 44.6 Å². The number of benzene rings is 3. The average Bonchev–Trinajstić information content (AvgIpc) is 2.84. The van der Waals surface area contributed by atoms with Crippen molar-refractivity contribution in [1.82, 2.24) is 14.9 Å². The second-order valence-electron chi connectivity index (χ2n) is 7.32. The number of hydrogen-bond acceptors (Lipinski definition) is 5. The molecule has 168 valence electrons. The Bertz CT molecular complexity index is 1370. The molecule has 0 aliphatic rings. The molecule has 3 aromatic carbocycles. The van der Waals surface area contributed by atoms with Gasteiger partial charge in [0.15, 0.2) is 11.5 Å². The average molecular weight is 464 g/mol. The first-order valence-electron chi connectivity index (χ1n) is 10.2. The van der Waals surface area contributed by atoms with E-state index in [1.807, 2.05) is 36.4 Å². The van der Waals surface area contributed by atoms with E-state index < -0.39 is 5.69 Å². The molecule has 1 amide bonds. The Balaban J connectivity index is 1.61. The number of amides is 1. The van der Waals surface area contributed by atoms with Gasteiger partial charge in [0.2, 0.25) is 5.91 Å². The lowest BCUT2D eigenvalue weighted by Gasteiger charge is -2.14. The zero-order chi connectivity index (χ0) is 23.4. The summed E-state index contributed by atoms with van der Waals surface area (Å²) in [5.41, 5.74) is 2.24. The smallest absolute Gasteiger partial charge is 0.349 e. The van der Waals surface area contributed by atoms with Gasteiger partial charge in [0.25, 0.3) is 0 Å². The minimum absolute atomic E-state index is 0.174. The third-order valence-corrected chi connectivity index (χ3v) is 5.46. The molecule has 0 spiro atoms. The topological polar surface area (TPSA) is 82.5 Å². The molecule has 1 heterocycles. The first-order valence-corrected chi connectivity index (χ1v) is 10.6. The third-order valence-electron chi connectivity index (χ3n) is 5.23. The Labute approximate surface area is 195 Å². The number of halogens is 1. The highest BCUT2D eigenvalue weighted by Crippen LogP contribution is 2.28. The number of carbonyl (C=O) groups excluding carboxylic acids is 1. The standard InChI is InChI=1S/C25H22ClN3O4/c1-32-21-11-8-16(12-22(21)33-2)14-27-23(30)15-29-20-10-9-18(26)13-19(20)24(28-25(29)31)17-6-4-3-5-7-17/h3-13H,14-15H2,1-2H3,(H,27,30). The van der Waals surface area contributed by atoms with Gasteiger partial charge in [0.05, 0.1) is 25.4 Å². The molecule has 1 N–H and O–H groups in total. The Morgan fingerprint density at radius 2 is 1.76 bits per heavy atom. The molecule has 0 radical (unpaired) electrons. The summed E-state index contributed by atoms with van der Waals surface area (Å²) in [4.78, 5) is 29.8. The van der Waals surface area contributed by atoms with Crippen LogP contribution in [0.1, 0.15) is 5.56 Å². The van der Waals surface area contributed by atoms with Gasteiger partial charge in [-0.25, -0.2) is 4.79 Å². The lowest BCUT2D eigenvalue weighted by molar-refractivity contribution is -0.121. The number of carbonyl (C=O) groups is 1. The fourth-order valence-corrected chi connectivity index (χ4v) is 3.78. The summed E-state index contributed by atoms with van der Waals surface area (Å²) in [7, 11) is 3.11. The molecular formula is C25H22ClN3O4.